The monoisotopic (exact) mass is 247 g/mol. The average Bonchev–Trinajstić information content (AvgIpc) is 2.40. The van der Waals surface area contributed by atoms with E-state index in [1.165, 1.54) is 0 Å². The number of rotatable bonds is 5. The Labute approximate surface area is 107 Å². The molecule has 1 aromatic carbocycles. The molecule has 0 spiro atoms. The SMILES string of the molecule is CCC(CS)COc1cnc2ccccc2c1. The molecule has 0 fully saturated rings. The third-order valence-corrected chi connectivity index (χ3v) is 3.40. The molecule has 0 aliphatic carbocycles. The van der Waals surface area contributed by atoms with Crippen LogP contribution >= 0.6 is 12.6 Å². The second-order valence-electron chi connectivity index (χ2n) is 4.13. The van der Waals surface area contributed by atoms with Gasteiger partial charge in [-0.1, -0.05) is 25.1 Å². The number of fused-ring (bicyclic) bond motifs is 1. The molecule has 17 heavy (non-hydrogen) atoms. The number of aromatic nitrogens is 1. The minimum atomic E-state index is 0.504. The normalized spacial score (nSPS) is 12.6. The topological polar surface area (TPSA) is 22.1 Å². The maximum atomic E-state index is 5.75. The molecule has 0 N–H and O–H groups in total. The number of ether oxygens (including phenoxy) is 1. The van der Waals surface area contributed by atoms with E-state index >= 15 is 0 Å². The van der Waals surface area contributed by atoms with Crippen LogP contribution in [0.15, 0.2) is 36.5 Å². The first-order valence-corrected chi connectivity index (χ1v) is 6.55. The van der Waals surface area contributed by atoms with Crippen molar-refractivity contribution in [2.24, 2.45) is 5.92 Å². The standard InChI is InChI=1S/C14H17NOS/c1-2-11(10-17)9-16-13-7-12-5-3-4-6-14(12)15-8-13/h3-8,11,17H,2,9-10H2,1H3. The Balaban J connectivity index is 2.09. The van der Waals surface area contributed by atoms with Gasteiger partial charge in [-0.05, 0) is 24.3 Å². The van der Waals surface area contributed by atoms with E-state index in [1.54, 1.807) is 6.20 Å². The van der Waals surface area contributed by atoms with Crippen LogP contribution in [0.5, 0.6) is 5.75 Å². The first-order valence-electron chi connectivity index (χ1n) is 5.92. The zero-order valence-electron chi connectivity index (χ0n) is 9.97. The maximum Gasteiger partial charge on any atom is 0.138 e. The van der Waals surface area contributed by atoms with Crippen LogP contribution in [0.4, 0.5) is 0 Å². The van der Waals surface area contributed by atoms with E-state index in [2.05, 4.69) is 24.5 Å². The lowest BCUT2D eigenvalue weighted by atomic mass is 10.1. The number of para-hydroxylation sites is 1. The Hall–Kier alpha value is -1.22. The van der Waals surface area contributed by atoms with Gasteiger partial charge in [-0.2, -0.15) is 12.6 Å². The highest BCUT2D eigenvalue weighted by Gasteiger charge is 2.05. The second-order valence-corrected chi connectivity index (χ2v) is 4.50. The lowest BCUT2D eigenvalue weighted by molar-refractivity contribution is 0.259. The number of benzene rings is 1. The van der Waals surface area contributed by atoms with Crippen LogP contribution in [0.25, 0.3) is 10.9 Å². The molecule has 0 bridgehead atoms. The van der Waals surface area contributed by atoms with Gasteiger partial charge in [-0.25, -0.2) is 0 Å². The van der Waals surface area contributed by atoms with Gasteiger partial charge >= 0.3 is 0 Å². The molecule has 3 heteroatoms. The van der Waals surface area contributed by atoms with E-state index in [9.17, 15) is 0 Å². The van der Waals surface area contributed by atoms with Crippen LogP contribution < -0.4 is 4.74 Å². The lowest BCUT2D eigenvalue weighted by Gasteiger charge is -2.13. The van der Waals surface area contributed by atoms with Crippen molar-refractivity contribution in [2.45, 2.75) is 13.3 Å². The second kappa shape index (κ2) is 5.92. The van der Waals surface area contributed by atoms with Crippen LogP contribution in [0.2, 0.25) is 0 Å². The summed E-state index contributed by atoms with van der Waals surface area (Å²) in [4.78, 5) is 4.37. The van der Waals surface area contributed by atoms with Gasteiger partial charge in [0.2, 0.25) is 0 Å². The Morgan fingerprint density at radius 3 is 2.94 bits per heavy atom. The van der Waals surface area contributed by atoms with Crippen molar-refractivity contribution in [3.8, 4) is 5.75 Å². The Morgan fingerprint density at radius 2 is 2.18 bits per heavy atom. The van der Waals surface area contributed by atoms with Gasteiger partial charge in [0, 0.05) is 11.3 Å². The van der Waals surface area contributed by atoms with Crippen molar-refractivity contribution >= 4 is 23.5 Å². The van der Waals surface area contributed by atoms with Crippen molar-refractivity contribution in [1.29, 1.82) is 0 Å². The molecular weight excluding hydrogens is 230 g/mol. The summed E-state index contributed by atoms with van der Waals surface area (Å²) in [6, 6.07) is 10.1. The molecular formula is C14H17NOS. The van der Waals surface area contributed by atoms with Crippen molar-refractivity contribution in [2.75, 3.05) is 12.4 Å². The summed E-state index contributed by atoms with van der Waals surface area (Å²) in [7, 11) is 0. The van der Waals surface area contributed by atoms with Crippen LogP contribution in [-0.4, -0.2) is 17.3 Å². The zero-order valence-corrected chi connectivity index (χ0v) is 10.9. The third kappa shape index (κ3) is 3.13. The molecule has 0 radical (unpaired) electrons. The maximum absolute atomic E-state index is 5.75. The first kappa shape index (κ1) is 12.2. The number of nitrogens with zero attached hydrogens (tertiary/aromatic N) is 1. The van der Waals surface area contributed by atoms with Gasteiger partial charge in [0.15, 0.2) is 0 Å². The van der Waals surface area contributed by atoms with E-state index in [1.807, 2.05) is 30.3 Å². The molecule has 1 heterocycles. The molecule has 2 rings (SSSR count). The van der Waals surface area contributed by atoms with E-state index in [-0.39, 0.29) is 0 Å². The first-order chi connectivity index (χ1) is 8.33. The summed E-state index contributed by atoms with van der Waals surface area (Å²) < 4.78 is 5.75. The van der Waals surface area contributed by atoms with Gasteiger partial charge in [0.25, 0.3) is 0 Å². The summed E-state index contributed by atoms with van der Waals surface area (Å²) in [5, 5.41) is 1.11. The Bertz CT molecular complexity index is 482. The summed E-state index contributed by atoms with van der Waals surface area (Å²) in [5.41, 5.74) is 1.00. The van der Waals surface area contributed by atoms with Gasteiger partial charge in [-0.15, -0.1) is 0 Å². The minimum Gasteiger partial charge on any atom is -0.492 e. The molecule has 0 saturated heterocycles. The number of pyridine rings is 1. The molecule has 1 aromatic heterocycles. The van der Waals surface area contributed by atoms with E-state index in [0.29, 0.717) is 12.5 Å². The minimum absolute atomic E-state index is 0.504. The quantitative estimate of drug-likeness (QED) is 0.816. The van der Waals surface area contributed by atoms with E-state index < -0.39 is 0 Å². The van der Waals surface area contributed by atoms with Gasteiger partial charge in [-0.3, -0.25) is 4.98 Å². The highest BCUT2D eigenvalue weighted by Crippen LogP contribution is 2.18. The fourth-order valence-corrected chi connectivity index (χ4v) is 2.01. The highest BCUT2D eigenvalue weighted by atomic mass is 32.1. The van der Waals surface area contributed by atoms with E-state index in [4.69, 9.17) is 4.74 Å². The van der Waals surface area contributed by atoms with Crippen LogP contribution in [0, 0.1) is 5.92 Å². The summed E-state index contributed by atoms with van der Waals surface area (Å²) >= 11 is 4.31. The lowest BCUT2D eigenvalue weighted by Crippen LogP contribution is -2.12. The molecule has 1 atom stereocenters. The van der Waals surface area contributed by atoms with Crippen LogP contribution in [0.1, 0.15) is 13.3 Å². The zero-order chi connectivity index (χ0) is 12.1. The van der Waals surface area contributed by atoms with Crippen molar-refractivity contribution in [1.82, 2.24) is 4.98 Å². The van der Waals surface area contributed by atoms with Crippen molar-refractivity contribution in [3.05, 3.63) is 36.5 Å². The number of hydrogen-bond acceptors (Lipinski definition) is 3. The summed E-state index contributed by atoms with van der Waals surface area (Å²) in [5.74, 6) is 2.20. The largest absolute Gasteiger partial charge is 0.492 e. The predicted molar refractivity (Wildman–Crippen MR) is 74.9 cm³/mol. The average molecular weight is 247 g/mol. The van der Waals surface area contributed by atoms with Crippen molar-refractivity contribution < 1.29 is 4.74 Å². The van der Waals surface area contributed by atoms with Crippen LogP contribution in [0.3, 0.4) is 0 Å². The summed E-state index contributed by atoms with van der Waals surface area (Å²) in [6.07, 6.45) is 2.87. The molecule has 2 nitrogen and oxygen atoms in total. The summed E-state index contributed by atoms with van der Waals surface area (Å²) in [6.45, 7) is 2.86. The van der Waals surface area contributed by atoms with Crippen LogP contribution in [-0.2, 0) is 0 Å². The van der Waals surface area contributed by atoms with E-state index in [0.717, 1.165) is 28.8 Å². The van der Waals surface area contributed by atoms with Gasteiger partial charge in [0.05, 0.1) is 18.3 Å². The molecule has 90 valence electrons. The van der Waals surface area contributed by atoms with Gasteiger partial charge < -0.3 is 4.74 Å². The molecule has 0 amide bonds. The highest BCUT2D eigenvalue weighted by molar-refractivity contribution is 7.80. The smallest absolute Gasteiger partial charge is 0.138 e. The fourth-order valence-electron chi connectivity index (χ4n) is 1.64. The number of hydrogen-bond donors (Lipinski definition) is 1. The predicted octanol–water partition coefficient (Wildman–Crippen LogP) is 3.57. The van der Waals surface area contributed by atoms with Gasteiger partial charge in [0.1, 0.15) is 5.75 Å². The third-order valence-electron chi connectivity index (χ3n) is 2.89. The fraction of sp³-hybridized carbons (Fsp3) is 0.357. The molecule has 0 aliphatic rings. The molecule has 0 aliphatic heterocycles. The molecule has 0 saturated carbocycles. The molecule has 2 aromatic rings. The molecule has 1 unspecified atom stereocenters. The number of thiol groups is 1. The Morgan fingerprint density at radius 1 is 1.35 bits per heavy atom. The van der Waals surface area contributed by atoms with Crippen molar-refractivity contribution in [3.63, 3.8) is 0 Å². The Kier molecular flexibility index (Phi) is 4.26.